The van der Waals surface area contributed by atoms with Crippen molar-refractivity contribution in [1.29, 1.82) is 0 Å². The van der Waals surface area contributed by atoms with E-state index in [0.29, 0.717) is 0 Å². The van der Waals surface area contributed by atoms with Gasteiger partial charge in [0.1, 0.15) is 6.54 Å². The zero-order valence-electron chi connectivity index (χ0n) is 6.33. The highest BCUT2D eigenvalue weighted by Gasteiger charge is 1.94. The molecule has 0 unspecified atom stereocenters. The first-order valence-electron chi connectivity index (χ1n) is 3.41. The van der Waals surface area contributed by atoms with E-state index >= 15 is 0 Å². The Morgan fingerprint density at radius 1 is 1.09 bits per heavy atom. The molecule has 0 bridgehead atoms. The van der Waals surface area contributed by atoms with Crippen molar-refractivity contribution in [2.75, 3.05) is 6.54 Å². The van der Waals surface area contributed by atoms with Crippen LogP contribution < -0.4 is 21.9 Å². The van der Waals surface area contributed by atoms with Gasteiger partial charge in [-0.25, -0.2) is 0 Å². The van der Waals surface area contributed by atoms with E-state index in [0.717, 1.165) is 6.54 Å². The number of halogens is 1. The fourth-order valence-corrected chi connectivity index (χ4v) is 0.845. The van der Waals surface area contributed by atoms with E-state index in [1.54, 1.807) is 0 Å². The Morgan fingerprint density at radius 3 is 2.09 bits per heavy atom. The molecule has 0 amide bonds. The zero-order chi connectivity index (χ0) is 7.23. The lowest BCUT2D eigenvalue weighted by Crippen LogP contribution is -3.02. The molecule has 60 valence electrons. The SMILES string of the molecule is C=CC[NH+]1C=CC=CC=C1.[Br-]. The summed E-state index contributed by atoms with van der Waals surface area (Å²) in [5.74, 6) is 0. The topological polar surface area (TPSA) is 4.44 Å². The average Bonchev–Trinajstić information content (AvgIpc) is 2.17. The fourth-order valence-electron chi connectivity index (χ4n) is 0.845. The summed E-state index contributed by atoms with van der Waals surface area (Å²) in [6, 6.07) is 0. The average molecular weight is 214 g/mol. The fraction of sp³-hybridized carbons (Fsp3) is 0.111. The summed E-state index contributed by atoms with van der Waals surface area (Å²) in [6.07, 6.45) is 14.2. The lowest BCUT2D eigenvalue weighted by atomic mass is 10.5. The van der Waals surface area contributed by atoms with Crippen molar-refractivity contribution in [3.05, 3.63) is 49.4 Å². The van der Waals surface area contributed by atoms with E-state index < -0.39 is 0 Å². The smallest absolute Gasteiger partial charge is 0.104 e. The third-order valence-electron chi connectivity index (χ3n) is 1.33. The second-order valence-electron chi connectivity index (χ2n) is 2.17. The Kier molecular flexibility index (Phi) is 5.80. The molecule has 1 nitrogen and oxygen atoms in total. The Bertz CT molecular complexity index is 176. The molecule has 2 heteroatoms. The summed E-state index contributed by atoms with van der Waals surface area (Å²) in [6.45, 7) is 4.63. The molecule has 0 fully saturated rings. The maximum absolute atomic E-state index is 3.68. The molecule has 1 heterocycles. The summed E-state index contributed by atoms with van der Waals surface area (Å²) < 4.78 is 0. The molecule has 0 aromatic heterocycles. The van der Waals surface area contributed by atoms with E-state index in [1.165, 1.54) is 4.90 Å². The van der Waals surface area contributed by atoms with Crippen molar-refractivity contribution in [2.45, 2.75) is 0 Å². The molecule has 0 saturated heterocycles. The van der Waals surface area contributed by atoms with Crippen LogP contribution in [0.2, 0.25) is 0 Å². The Labute approximate surface area is 78.2 Å². The molecule has 0 atom stereocenters. The molecule has 0 radical (unpaired) electrons. The number of rotatable bonds is 2. The van der Waals surface area contributed by atoms with Crippen molar-refractivity contribution in [3.63, 3.8) is 0 Å². The summed E-state index contributed by atoms with van der Waals surface area (Å²) in [4.78, 5) is 1.31. The second kappa shape index (κ2) is 6.13. The van der Waals surface area contributed by atoms with Gasteiger partial charge in [-0.05, 0) is 18.2 Å². The van der Waals surface area contributed by atoms with Crippen LogP contribution in [-0.2, 0) is 0 Å². The molecular formula is C9H12BrN. The Balaban J connectivity index is 0.000001000. The van der Waals surface area contributed by atoms with Crippen LogP contribution in [0.25, 0.3) is 0 Å². The van der Waals surface area contributed by atoms with Crippen molar-refractivity contribution >= 4 is 0 Å². The van der Waals surface area contributed by atoms with Crippen molar-refractivity contribution in [2.24, 2.45) is 0 Å². The Hall–Kier alpha value is -0.600. The highest BCUT2D eigenvalue weighted by atomic mass is 79.9. The van der Waals surface area contributed by atoms with E-state index in [4.69, 9.17) is 0 Å². The monoisotopic (exact) mass is 213 g/mol. The highest BCUT2D eigenvalue weighted by molar-refractivity contribution is 5.10. The van der Waals surface area contributed by atoms with E-state index in [-0.39, 0.29) is 17.0 Å². The van der Waals surface area contributed by atoms with Gasteiger partial charge in [0.15, 0.2) is 0 Å². The molecule has 1 aliphatic heterocycles. The van der Waals surface area contributed by atoms with Gasteiger partial charge in [0.2, 0.25) is 0 Å². The van der Waals surface area contributed by atoms with E-state index in [1.807, 2.05) is 30.4 Å². The van der Waals surface area contributed by atoms with Crippen LogP contribution in [0, 0.1) is 0 Å². The first-order chi connectivity index (χ1) is 4.93. The van der Waals surface area contributed by atoms with Crippen LogP contribution in [0.4, 0.5) is 0 Å². The standard InChI is InChI=1S/C9H11N.BrH/c1-2-7-10-8-5-3-4-6-9-10;/h2-6,8-9H,1,7H2;1H. The first-order valence-corrected chi connectivity index (χ1v) is 3.41. The molecule has 1 aliphatic rings. The predicted octanol–water partition coefficient (Wildman–Crippen LogP) is -2.34. The number of quaternary nitrogens is 1. The maximum atomic E-state index is 3.68. The lowest BCUT2D eigenvalue weighted by Gasteiger charge is -2.02. The molecule has 0 saturated carbocycles. The largest absolute Gasteiger partial charge is 1.00 e. The van der Waals surface area contributed by atoms with Gasteiger partial charge in [-0.2, -0.15) is 0 Å². The zero-order valence-corrected chi connectivity index (χ0v) is 7.92. The van der Waals surface area contributed by atoms with Crippen molar-refractivity contribution < 1.29 is 21.9 Å². The second-order valence-corrected chi connectivity index (χ2v) is 2.17. The van der Waals surface area contributed by atoms with Gasteiger partial charge in [-0.1, -0.05) is 18.7 Å². The van der Waals surface area contributed by atoms with Crippen LogP contribution in [0.1, 0.15) is 0 Å². The summed E-state index contributed by atoms with van der Waals surface area (Å²) in [7, 11) is 0. The highest BCUT2D eigenvalue weighted by Crippen LogP contribution is 1.78. The van der Waals surface area contributed by atoms with Gasteiger partial charge in [0, 0.05) is 0 Å². The minimum Gasteiger partial charge on any atom is -1.00 e. The molecular weight excluding hydrogens is 202 g/mol. The molecule has 0 aromatic rings. The van der Waals surface area contributed by atoms with Gasteiger partial charge in [0.25, 0.3) is 0 Å². The van der Waals surface area contributed by atoms with Gasteiger partial charge < -0.3 is 17.0 Å². The Morgan fingerprint density at radius 2 is 1.64 bits per heavy atom. The summed E-state index contributed by atoms with van der Waals surface area (Å²) in [5.41, 5.74) is 0. The van der Waals surface area contributed by atoms with Crippen LogP contribution in [0.15, 0.2) is 49.4 Å². The van der Waals surface area contributed by atoms with Crippen LogP contribution >= 0.6 is 0 Å². The van der Waals surface area contributed by atoms with Gasteiger partial charge >= 0.3 is 0 Å². The van der Waals surface area contributed by atoms with Gasteiger partial charge in [0.05, 0.1) is 12.4 Å². The molecule has 0 spiro atoms. The summed E-state index contributed by atoms with van der Waals surface area (Å²) >= 11 is 0. The minimum absolute atomic E-state index is 0. The lowest BCUT2D eigenvalue weighted by molar-refractivity contribution is -0.782. The van der Waals surface area contributed by atoms with Crippen molar-refractivity contribution in [1.82, 2.24) is 0 Å². The molecule has 0 aliphatic carbocycles. The first kappa shape index (κ1) is 10.4. The number of hydrogen-bond acceptors (Lipinski definition) is 0. The molecule has 0 aromatic carbocycles. The van der Waals surface area contributed by atoms with Gasteiger partial charge in [-0.3, -0.25) is 4.90 Å². The van der Waals surface area contributed by atoms with E-state index in [9.17, 15) is 0 Å². The van der Waals surface area contributed by atoms with Crippen LogP contribution in [0.5, 0.6) is 0 Å². The summed E-state index contributed by atoms with van der Waals surface area (Å²) in [5, 5.41) is 0. The molecule has 1 rings (SSSR count). The molecule has 1 N–H and O–H groups in total. The van der Waals surface area contributed by atoms with Gasteiger partial charge in [-0.15, -0.1) is 0 Å². The molecule has 11 heavy (non-hydrogen) atoms. The van der Waals surface area contributed by atoms with Crippen LogP contribution in [-0.4, -0.2) is 6.54 Å². The van der Waals surface area contributed by atoms with Crippen molar-refractivity contribution in [3.8, 4) is 0 Å². The quantitative estimate of drug-likeness (QED) is 0.491. The van der Waals surface area contributed by atoms with E-state index in [2.05, 4.69) is 19.0 Å². The third kappa shape index (κ3) is 3.96. The van der Waals surface area contributed by atoms with Crippen LogP contribution in [0.3, 0.4) is 0 Å². The number of allylic oxidation sites excluding steroid dienone is 4. The maximum Gasteiger partial charge on any atom is 0.104 e. The third-order valence-corrected chi connectivity index (χ3v) is 1.33. The number of nitrogens with one attached hydrogen (secondary N) is 1. The predicted molar refractivity (Wildman–Crippen MR) is 43.4 cm³/mol. The minimum atomic E-state index is 0. The normalized spacial score (nSPS) is 15.6. The number of hydrogen-bond donors (Lipinski definition) is 1.